The summed E-state index contributed by atoms with van der Waals surface area (Å²) in [4.78, 5) is 14.4. The number of nitrogens with zero attached hydrogens (tertiary/aromatic N) is 4. The molecule has 0 spiro atoms. The first-order chi connectivity index (χ1) is 10.7. The van der Waals surface area contributed by atoms with E-state index in [0.29, 0.717) is 0 Å². The number of nitrogens with one attached hydrogen (secondary N) is 1. The van der Waals surface area contributed by atoms with Gasteiger partial charge in [-0.1, -0.05) is 5.21 Å². The fourth-order valence-corrected chi connectivity index (χ4v) is 2.71. The van der Waals surface area contributed by atoms with Crippen LogP contribution in [0.4, 0.5) is 11.4 Å². The van der Waals surface area contributed by atoms with Crippen LogP contribution in [0.25, 0.3) is 0 Å². The number of aromatic nitrogens is 3. The molecule has 1 N–H and O–H groups in total. The van der Waals surface area contributed by atoms with Gasteiger partial charge in [-0.25, -0.2) is 4.68 Å². The molecule has 0 unspecified atom stereocenters. The van der Waals surface area contributed by atoms with Crippen LogP contribution >= 0.6 is 0 Å². The zero-order valence-corrected chi connectivity index (χ0v) is 12.8. The van der Waals surface area contributed by atoms with Gasteiger partial charge in [0, 0.05) is 24.5 Å². The molecule has 3 rings (SSSR count). The lowest BCUT2D eigenvalue weighted by molar-refractivity contribution is -0.117. The Morgan fingerprint density at radius 1 is 1.18 bits per heavy atom. The molecule has 0 bridgehead atoms. The van der Waals surface area contributed by atoms with E-state index in [-0.39, 0.29) is 12.5 Å². The van der Waals surface area contributed by atoms with Crippen LogP contribution in [0.3, 0.4) is 0 Å². The Morgan fingerprint density at radius 3 is 2.55 bits per heavy atom. The molecule has 6 nitrogen and oxygen atoms in total. The first-order valence-corrected chi connectivity index (χ1v) is 7.72. The van der Waals surface area contributed by atoms with E-state index in [1.54, 1.807) is 10.9 Å². The average Bonchev–Trinajstić information content (AvgIpc) is 2.94. The monoisotopic (exact) mass is 299 g/mol. The van der Waals surface area contributed by atoms with Gasteiger partial charge in [0.1, 0.15) is 6.54 Å². The van der Waals surface area contributed by atoms with Crippen LogP contribution in [0, 0.1) is 6.92 Å². The van der Waals surface area contributed by atoms with Crippen LogP contribution in [0.5, 0.6) is 0 Å². The van der Waals surface area contributed by atoms with Crippen molar-refractivity contribution >= 4 is 17.3 Å². The van der Waals surface area contributed by atoms with Crippen molar-refractivity contribution in [1.29, 1.82) is 0 Å². The number of hydrogen-bond acceptors (Lipinski definition) is 4. The molecule has 2 heterocycles. The number of aryl methyl sites for hydroxylation is 1. The smallest absolute Gasteiger partial charge is 0.246 e. The van der Waals surface area contributed by atoms with E-state index in [4.69, 9.17) is 0 Å². The number of hydrogen-bond donors (Lipinski definition) is 1. The van der Waals surface area contributed by atoms with Crippen molar-refractivity contribution in [3.05, 3.63) is 36.2 Å². The number of carbonyl (C=O) groups excluding carboxylic acids is 1. The second-order valence-electron chi connectivity index (χ2n) is 5.68. The molecule has 0 aliphatic carbocycles. The van der Waals surface area contributed by atoms with Gasteiger partial charge in [0.25, 0.3) is 0 Å². The van der Waals surface area contributed by atoms with Gasteiger partial charge in [-0.05, 0) is 50.5 Å². The van der Waals surface area contributed by atoms with E-state index >= 15 is 0 Å². The third-order valence-corrected chi connectivity index (χ3v) is 3.98. The number of carbonyl (C=O) groups is 1. The second-order valence-corrected chi connectivity index (χ2v) is 5.68. The Morgan fingerprint density at radius 2 is 1.91 bits per heavy atom. The van der Waals surface area contributed by atoms with Gasteiger partial charge in [0.2, 0.25) is 5.91 Å². The topological polar surface area (TPSA) is 63.1 Å². The second kappa shape index (κ2) is 6.60. The third kappa shape index (κ3) is 3.44. The van der Waals surface area contributed by atoms with Crippen molar-refractivity contribution in [3.63, 3.8) is 0 Å². The van der Waals surface area contributed by atoms with Gasteiger partial charge in [0.15, 0.2) is 0 Å². The summed E-state index contributed by atoms with van der Waals surface area (Å²) in [5.74, 6) is -0.0978. The predicted molar refractivity (Wildman–Crippen MR) is 85.9 cm³/mol. The Labute approximate surface area is 130 Å². The fraction of sp³-hybridized carbons (Fsp3) is 0.438. The Bertz CT molecular complexity index is 628. The van der Waals surface area contributed by atoms with Crippen molar-refractivity contribution in [2.45, 2.75) is 32.7 Å². The van der Waals surface area contributed by atoms with Crippen LogP contribution in [0.15, 0.2) is 30.5 Å². The summed E-state index contributed by atoms with van der Waals surface area (Å²) in [6.07, 6.45) is 5.48. The average molecular weight is 299 g/mol. The van der Waals surface area contributed by atoms with Crippen molar-refractivity contribution in [2.24, 2.45) is 0 Å². The summed E-state index contributed by atoms with van der Waals surface area (Å²) in [5, 5.41) is 10.5. The van der Waals surface area contributed by atoms with E-state index in [1.807, 2.05) is 19.1 Å². The zero-order chi connectivity index (χ0) is 15.4. The van der Waals surface area contributed by atoms with Crippen molar-refractivity contribution in [3.8, 4) is 0 Å². The summed E-state index contributed by atoms with van der Waals surface area (Å²) in [6.45, 7) is 4.30. The number of amides is 1. The zero-order valence-electron chi connectivity index (χ0n) is 12.8. The molecule has 1 aromatic heterocycles. The molecule has 0 atom stereocenters. The van der Waals surface area contributed by atoms with Gasteiger partial charge in [-0.3, -0.25) is 4.79 Å². The van der Waals surface area contributed by atoms with Crippen molar-refractivity contribution < 1.29 is 4.79 Å². The van der Waals surface area contributed by atoms with Gasteiger partial charge < -0.3 is 10.2 Å². The standard InChI is InChI=1S/C16H21N5O/c1-13-11-17-19-21(13)12-16(22)18-14-5-7-15(8-6-14)20-9-3-2-4-10-20/h5-8,11H,2-4,9-10,12H2,1H3,(H,18,22). The van der Waals surface area contributed by atoms with Gasteiger partial charge in [-0.15, -0.1) is 5.10 Å². The SMILES string of the molecule is Cc1cnnn1CC(=O)Nc1ccc(N2CCCCC2)cc1. The molecule has 1 fully saturated rings. The molecule has 6 heteroatoms. The van der Waals surface area contributed by atoms with Crippen LogP contribution in [0.2, 0.25) is 0 Å². The molecular weight excluding hydrogens is 278 g/mol. The maximum atomic E-state index is 12.0. The highest BCUT2D eigenvalue weighted by molar-refractivity contribution is 5.90. The van der Waals surface area contributed by atoms with Gasteiger partial charge in [-0.2, -0.15) is 0 Å². The summed E-state index contributed by atoms with van der Waals surface area (Å²) in [6, 6.07) is 8.05. The number of rotatable bonds is 4. The maximum Gasteiger partial charge on any atom is 0.246 e. The Kier molecular flexibility index (Phi) is 4.37. The third-order valence-electron chi connectivity index (χ3n) is 3.98. The lowest BCUT2D eigenvalue weighted by Crippen LogP contribution is -2.29. The first kappa shape index (κ1) is 14.6. The number of piperidine rings is 1. The van der Waals surface area contributed by atoms with E-state index in [1.165, 1.54) is 24.9 Å². The molecule has 1 saturated heterocycles. The minimum atomic E-state index is -0.0978. The largest absolute Gasteiger partial charge is 0.372 e. The molecule has 1 aliphatic heterocycles. The van der Waals surface area contributed by atoms with Crippen molar-refractivity contribution in [2.75, 3.05) is 23.3 Å². The van der Waals surface area contributed by atoms with Crippen LogP contribution in [-0.2, 0) is 11.3 Å². The first-order valence-electron chi connectivity index (χ1n) is 7.72. The fourth-order valence-electron chi connectivity index (χ4n) is 2.71. The van der Waals surface area contributed by atoms with Gasteiger partial charge >= 0.3 is 0 Å². The highest BCUT2D eigenvalue weighted by atomic mass is 16.2. The van der Waals surface area contributed by atoms with Crippen LogP contribution in [-0.4, -0.2) is 34.0 Å². The molecule has 0 radical (unpaired) electrons. The summed E-state index contributed by atoms with van der Waals surface area (Å²) in [5.41, 5.74) is 2.91. The number of anilines is 2. The van der Waals surface area contributed by atoms with Crippen molar-refractivity contribution in [1.82, 2.24) is 15.0 Å². The van der Waals surface area contributed by atoms with E-state index < -0.39 is 0 Å². The molecular formula is C16H21N5O. The molecule has 22 heavy (non-hydrogen) atoms. The Hall–Kier alpha value is -2.37. The summed E-state index contributed by atoms with van der Waals surface area (Å²) < 4.78 is 1.58. The minimum absolute atomic E-state index is 0.0978. The highest BCUT2D eigenvalue weighted by Gasteiger charge is 2.11. The molecule has 1 aliphatic rings. The van der Waals surface area contributed by atoms with Crippen LogP contribution in [0.1, 0.15) is 25.0 Å². The van der Waals surface area contributed by atoms with E-state index in [2.05, 4.69) is 32.7 Å². The lowest BCUT2D eigenvalue weighted by atomic mass is 10.1. The lowest BCUT2D eigenvalue weighted by Gasteiger charge is -2.28. The quantitative estimate of drug-likeness (QED) is 0.940. The number of benzene rings is 1. The summed E-state index contributed by atoms with van der Waals surface area (Å²) >= 11 is 0. The molecule has 2 aromatic rings. The van der Waals surface area contributed by atoms with Gasteiger partial charge in [0.05, 0.1) is 11.9 Å². The van der Waals surface area contributed by atoms with Crippen LogP contribution < -0.4 is 10.2 Å². The van der Waals surface area contributed by atoms with E-state index in [9.17, 15) is 4.79 Å². The molecule has 1 aromatic carbocycles. The normalized spacial score (nSPS) is 14.9. The highest BCUT2D eigenvalue weighted by Crippen LogP contribution is 2.21. The predicted octanol–water partition coefficient (Wildman–Crippen LogP) is 2.22. The molecule has 0 saturated carbocycles. The maximum absolute atomic E-state index is 12.0. The minimum Gasteiger partial charge on any atom is -0.372 e. The summed E-state index contributed by atoms with van der Waals surface area (Å²) in [7, 11) is 0. The molecule has 116 valence electrons. The van der Waals surface area contributed by atoms with E-state index in [0.717, 1.165) is 24.5 Å². The molecule has 1 amide bonds. The Balaban J connectivity index is 1.58.